The molecule has 2 aliphatic rings. The van der Waals surface area contributed by atoms with E-state index in [1.165, 1.54) is 0 Å². The minimum atomic E-state index is -0.145. The summed E-state index contributed by atoms with van der Waals surface area (Å²) in [5.41, 5.74) is 3.24. The first kappa shape index (κ1) is 19.4. The number of rotatable bonds is 4. The van der Waals surface area contributed by atoms with Gasteiger partial charge >= 0.3 is 0 Å². The molecule has 0 spiro atoms. The molecule has 0 saturated heterocycles. The fourth-order valence-corrected chi connectivity index (χ4v) is 4.48. The van der Waals surface area contributed by atoms with E-state index in [4.69, 9.17) is 0 Å². The molecular formula is C22H27N5O2. The average molecular weight is 393 g/mol. The molecule has 3 atom stereocenters. The van der Waals surface area contributed by atoms with Gasteiger partial charge in [-0.25, -0.2) is 4.98 Å². The Labute approximate surface area is 170 Å². The van der Waals surface area contributed by atoms with Gasteiger partial charge in [-0.3, -0.25) is 14.6 Å². The Balaban J connectivity index is 1.82. The number of aromatic nitrogens is 2. The molecule has 4 rings (SSSR count). The predicted molar refractivity (Wildman–Crippen MR) is 112 cm³/mol. The Morgan fingerprint density at radius 1 is 1.17 bits per heavy atom. The first-order valence-corrected chi connectivity index (χ1v) is 10.1. The molecule has 152 valence electrons. The topological polar surface area (TPSA) is 87.2 Å². The minimum Gasteiger partial charge on any atom is -0.362 e. The molecule has 1 unspecified atom stereocenters. The lowest BCUT2D eigenvalue weighted by molar-refractivity contribution is -0.117. The van der Waals surface area contributed by atoms with Crippen LogP contribution < -0.4 is 15.5 Å². The quantitative estimate of drug-likeness (QED) is 0.834. The molecule has 1 aromatic heterocycles. The summed E-state index contributed by atoms with van der Waals surface area (Å²) in [6.07, 6.45) is 5.74. The van der Waals surface area contributed by atoms with E-state index in [1.54, 1.807) is 32.4 Å². The molecule has 2 aromatic rings. The molecule has 1 aliphatic heterocycles. The molecule has 1 aliphatic carbocycles. The van der Waals surface area contributed by atoms with E-state index >= 15 is 0 Å². The van der Waals surface area contributed by atoms with Gasteiger partial charge < -0.3 is 15.5 Å². The van der Waals surface area contributed by atoms with Gasteiger partial charge in [-0.2, -0.15) is 0 Å². The number of carbonyl (C=O) groups is 2. The summed E-state index contributed by atoms with van der Waals surface area (Å²) in [4.78, 5) is 35.6. The highest BCUT2D eigenvalue weighted by atomic mass is 16.2. The lowest BCUT2D eigenvalue weighted by Gasteiger charge is -2.46. The monoisotopic (exact) mass is 393 g/mol. The summed E-state index contributed by atoms with van der Waals surface area (Å²) in [6, 6.07) is 5.63. The van der Waals surface area contributed by atoms with Crippen LogP contribution in [0.2, 0.25) is 0 Å². The fourth-order valence-electron chi connectivity index (χ4n) is 4.48. The number of carbonyl (C=O) groups excluding carboxylic acids is 2. The second kappa shape index (κ2) is 7.46. The lowest BCUT2D eigenvalue weighted by Crippen LogP contribution is -2.51. The third-order valence-corrected chi connectivity index (χ3v) is 6.00. The Bertz CT molecular complexity index is 939. The lowest BCUT2D eigenvalue weighted by atomic mass is 9.79. The highest BCUT2D eigenvalue weighted by molar-refractivity contribution is 5.98. The van der Waals surface area contributed by atoms with Crippen LogP contribution in [0.15, 0.2) is 30.6 Å². The van der Waals surface area contributed by atoms with Crippen molar-refractivity contribution in [1.82, 2.24) is 15.3 Å². The Morgan fingerprint density at radius 2 is 1.93 bits per heavy atom. The number of amides is 2. The maximum atomic E-state index is 12.6. The molecule has 2 heterocycles. The van der Waals surface area contributed by atoms with Crippen molar-refractivity contribution in [2.75, 3.05) is 17.3 Å². The average Bonchev–Trinajstić information content (AvgIpc) is 3.54. The van der Waals surface area contributed by atoms with E-state index in [0.717, 1.165) is 29.8 Å². The number of anilines is 2. The standard InChI is InChI=1S/C22H27N5O2/c1-12-10-25-19(11-24-12)26-20-13(2)21(15-5-6-15)27(14(3)28)18-8-7-16(9-17(18)20)22(29)23-4/h7-11,13,15,20-21H,5-6H2,1-4H3,(H,23,29)(H,25,26)/t13-,20?,21-/m1/s1. The molecule has 1 aromatic carbocycles. The number of nitrogens with zero attached hydrogens (tertiary/aromatic N) is 3. The van der Waals surface area contributed by atoms with Gasteiger partial charge in [0.2, 0.25) is 5.91 Å². The Kier molecular flexibility index (Phi) is 4.98. The normalized spacial score (nSPS) is 23.3. The first-order valence-electron chi connectivity index (χ1n) is 10.1. The molecule has 7 nitrogen and oxygen atoms in total. The van der Waals surface area contributed by atoms with Crippen molar-refractivity contribution in [2.45, 2.75) is 45.7 Å². The van der Waals surface area contributed by atoms with Crippen LogP contribution in [-0.4, -0.2) is 34.9 Å². The molecule has 2 amide bonds. The molecule has 29 heavy (non-hydrogen) atoms. The molecule has 2 N–H and O–H groups in total. The zero-order valence-corrected chi connectivity index (χ0v) is 17.3. The highest BCUT2D eigenvalue weighted by Crippen LogP contribution is 2.50. The van der Waals surface area contributed by atoms with E-state index in [1.807, 2.05) is 24.0 Å². The van der Waals surface area contributed by atoms with Crippen molar-refractivity contribution in [2.24, 2.45) is 11.8 Å². The number of aryl methyl sites for hydroxylation is 1. The predicted octanol–water partition coefficient (Wildman–Crippen LogP) is 3.08. The highest BCUT2D eigenvalue weighted by Gasteiger charge is 2.47. The summed E-state index contributed by atoms with van der Waals surface area (Å²) >= 11 is 0. The Hall–Kier alpha value is -2.96. The Morgan fingerprint density at radius 3 is 2.52 bits per heavy atom. The third-order valence-electron chi connectivity index (χ3n) is 6.00. The van der Waals surface area contributed by atoms with Crippen molar-refractivity contribution in [3.63, 3.8) is 0 Å². The summed E-state index contributed by atoms with van der Waals surface area (Å²) in [7, 11) is 1.62. The number of hydrogen-bond acceptors (Lipinski definition) is 5. The minimum absolute atomic E-state index is 0.0382. The van der Waals surface area contributed by atoms with Gasteiger partial charge in [0.05, 0.1) is 24.1 Å². The molecule has 7 heteroatoms. The van der Waals surface area contributed by atoms with Crippen LogP contribution in [0.3, 0.4) is 0 Å². The van der Waals surface area contributed by atoms with Crippen molar-refractivity contribution in [3.8, 4) is 0 Å². The van der Waals surface area contributed by atoms with Gasteiger partial charge in [0.1, 0.15) is 5.82 Å². The van der Waals surface area contributed by atoms with Crippen LogP contribution in [0.25, 0.3) is 0 Å². The van der Waals surface area contributed by atoms with Gasteiger partial charge in [0.15, 0.2) is 0 Å². The molecule has 0 bridgehead atoms. The van der Waals surface area contributed by atoms with Crippen LogP contribution >= 0.6 is 0 Å². The summed E-state index contributed by atoms with van der Waals surface area (Å²) in [6.45, 7) is 5.70. The van der Waals surface area contributed by atoms with Crippen molar-refractivity contribution < 1.29 is 9.59 Å². The van der Waals surface area contributed by atoms with Crippen LogP contribution in [0.1, 0.15) is 54.3 Å². The van der Waals surface area contributed by atoms with E-state index in [0.29, 0.717) is 17.3 Å². The largest absolute Gasteiger partial charge is 0.362 e. The molecular weight excluding hydrogens is 366 g/mol. The summed E-state index contributed by atoms with van der Waals surface area (Å²) in [5.74, 6) is 1.25. The summed E-state index contributed by atoms with van der Waals surface area (Å²) in [5, 5.41) is 6.21. The number of hydrogen-bond donors (Lipinski definition) is 2. The van der Waals surface area contributed by atoms with Gasteiger partial charge in [-0.1, -0.05) is 6.92 Å². The molecule has 1 fully saturated rings. The summed E-state index contributed by atoms with van der Waals surface area (Å²) < 4.78 is 0. The fraction of sp³-hybridized carbons (Fsp3) is 0.455. The maximum Gasteiger partial charge on any atom is 0.251 e. The van der Waals surface area contributed by atoms with E-state index in [9.17, 15) is 9.59 Å². The van der Waals surface area contributed by atoms with Gasteiger partial charge in [-0.05, 0) is 49.4 Å². The van der Waals surface area contributed by atoms with Crippen LogP contribution in [-0.2, 0) is 4.79 Å². The van der Waals surface area contributed by atoms with Crippen LogP contribution in [0, 0.1) is 18.8 Å². The van der Waals surface area contributed by atoms with Crippen molar-refractivity contribution in [3.05, 3.63) is 47.4 Å². The van der Waals surface area contributed by atoms with Gasteiger partial charge in [0, 0.05) is 37.2 Å². The third kappa shape index (κ3) is 3.57. The number of nitrogens with one attached hydrogen (secondary N) is 2. The zero-order valence-electron chi connectivity index (χ0n) is 17.3. The van der Waals surface area contributed by atoms with Gasteiger partial charge in [0.25, 0.3) is 5.91 Å². The zero-order chi connectivity index (χ0) is 20.7. The van der Waals surface area contributed by atoms with E-state index < -0.39 is 0 Å². The van der Waals surface area contributed by atoms with Crippen molar-refractivity contribution in [1.29, 1.82) is 0 Å². The second-order valence-electron chi connectivity index (χ2n) is 8.09. The van der Waals surface area contributed by atoms with E-state index in [2.05, 4.69) is 27.5 Å². The first-order chi connectivity index (χ1) is 13.9. The molecule has 0 radical (unpaired) electrons. The second-order valence-corrected chi connectivity index (χ2v) is 8.09. The van der Waals surface area contributed by atoms with Crippen molar-refractivity contribution >= 4 is 23.3 Å². The number of fused-ring (bicyclic) bond motifs is 1. The van der Waals surface area contributed by atoms with Crippen LogP contribution in [0.4, 0.5) is 11.5 Å². The smallest absolute Gasteiger partial charge is 0.251 e. The van der Waals surface area contributed by atoms with E-state index in [-0.39, 0.29) is 29.8 Å². The number of benzene rings is 1. The van der Waals surface area contributed by atoms with Gasteiger partial charge in [-0.15, -0.1) is 0 Å². The maximum absolute atomic E-state index is 12.6. The molecule has 1 saturated carbocycles. The van der Waals surface area contributed by atoms with Crippen LogP contribution in [0.5, 0.6) is 0 Å². The SMILES string of the molecule is CNC(=O)c1ccc2c(c1)C(Nc1cnc(C)cn1)[C@@H](C)[C@H](C1CC1)N2C(C)=O.